The topological polar surface area (TPSA) is 103 Å². The average molecular weight is 453 g/mol. The number of anilines is 1. The van der Waals surface area contributed by atoms with E-state index in [-0.39, 0.29) is 11.4 Å². The molecule has 3 rings (SSSR count). The van der Waals surface area contributed by atoms with Gasteiger partial charge in [-0.2, -0.15) is 13.9 Å². The van der Waals surface area contributed by atoms with Gasteiger partial charge in [0, 0.05) is 61.3 Å². The maximum absolute atomic E-state index is 13.0. The highest BCUT2D eigenvalue weighted by Crippen LogP contribution is 2.41. The number of hydrogen-bond donors (Lipinski definition) is 0. The second-order valence-corrected chi connectivity index (χ2v) is 8.24. The SMILES string of the molecule is COc1cc(N2CCN(C(=O)OC(C)(C)C)CC2)c(-c2cnn(C(F)F)c2)cc1[N+](=O)[O-]. The highest BCUT2D eigenvalue weighted by atomic mass is 19.3. The molecule has 2 heterocycles. The summed E-state index contributed by atoms with van der Waals surface area (Å²) in [5.74, 6) is 0.0459. The van der Waals surface area contributed by atoms with E-state index >= 15 is 0 Å². The van der Waals surface area contributed by atoms with E-state index in [1.54, 1.807) is 25.7 Å². The van der Waals surface area contributed by atoms with Crippen molar-refractivity contribution in [3.8, 4) is 16.9 Å². The van der Waals surface area contributed by atoms with Crippen LogP contribution < -0.4 is 9.64 Å². The number of halogens is 2. The molecule has 0 unspecified atom stereocenters. The minimum Gasteiger partial charge on any atom is -0.490 e. The van der Waals surface area contributed by atoms with Crippen LogP contribution in [0, 0.1) is 10.1 Å². The van der Waals surface area contributed by atoms with Gasteiger partial charge in [-0.05, 0) is 20.8 Å². The maximum atomic E-state index is 13.0. The summed E-state index contributed by atoms with van der Waals surface area (Å²) in [6.07, 6.45) is 1.95. The summed E-state index contributed by atoms with van der Waals surface area (Å²) in [5.41, 5.74) is 0.335. The molecule has 2 aromatic rings. The number of ether oxygens (including phenoxy) is 2. The van der Waals surface area contributed by atoms with Crippen molar-refractivity contribution >= 4 is 17.5 Å². The van der Waals surface area contributed by atoms with E-state index in [0.29, 0.717) is 47.7 Å². The molecule has 0 radical (unpaired) electrons. The molecule has 1 aromatic heterocycles. The minimum absolute atomic E-state index is 0.0459. The Labute approximate surface area is 183 Å². The Morgan fingerprint density at radius 3 is 2.38 bits per heavy atom. The molecule has 10 nitrogen and oxygen atoms in total. The van der Waals surface area contributed by atoms with E-state index in [1.165, 1.54) is 25.4 Å². The van der Waals surface area contributed by atoms with Crippen molar-refractivity contribution in [2.24, 2.45) is 0 Å². The van der Waals surface area contributed by atoms with Crippen LogP contribution in [-0.2, 0) is 4.74 Å². The number of methoxy groups -OCH3 is 1. The number of benzene rings is 1. The lowest BCUT2D eigenvalue weighted by Gasteiger charge is -2.37. The molecular weight excluding hydrogens is 428 g/mol. The number of alkyl halides is 2. The number of amides is 1. The summed E-state index contributed by atoms with van der Waals surface area (Å²) >= 11 is 0. The van der Waals surface area contributed by atoms with Gasteiger partial charge >= 0.3 is 18.3 Å². The van der Waals surface area contributed by atoms with E-state index in [9.17, 15) is 23.7 Å². The molecule has 0 saturated carbocycles. The number of nitro benzene ring substituents is 1. The van der Waals surface area contributed by atoms with Crippen LogP contribution in [0.1, 0.15) is 27.3 Å². The Morgan fingerprint density at radius 2 is 1.88 bits per heavy atom. The van der Waals surface area contributed by atoms with Crippen LogP contribution in [0.3, 0.4) is 0 Å². The Morgan fingerprint density at radius 1 is 1.22 bits per heavy atom. The fraction of sp³-hybridized carbons (Fsp3) is 0.500. The molecule has 1 fully saturated rings. The molecule has 1 amide bonds. The summed E-state index contributed by atoms with van der Waals surface area (Å²) in [5, 5.41) is 15.2. The Kier molecular flexibility index (Phi) is 6.51. The molecule has 1 saturated heterocycles. The molecule has 0 N–H and O–H groups in total. The number of piperazine rings is 1. The Hall–Kier alpha value is -3.44. The van der Waals surface area contributed by atoms with Crippen LogP contribution in [0.15, 0.2) is 24.5 Å². The molecule has 174 valence electrons. The lowest BCUT2D eigenvalue weighted by atomic mass is 10.0. The smallest absolute Gasteiger partial charge is 0.410 e. The lowest BCUT2D eigenvalue weighted by molar-refractivity contribution is -0.385. The van der Waals surface area contributed by atoms with E-state index in [1.807, 2.05) is 4.90 Å². The van der Waals surface area contributed by atoms with Gasteiger partial charge < -0.3 is 19.3 Å². The fourth-order valence-corrected chi connectivity index (χ4v) is 3.40. The third kappa shape index (κ3) is 5.06. The van der Waals surface area contributed by atoms with Crippen LogP contribution in [-0.4, -0.2) is 64.6 Å². The maximum Gasteiger partial charge on any atom is 0.410 e. The second kappa shape index (κ2) is 8.97. The molecule has 0 aliphatic carbocycles. The molecule has 0 bridgehead atoms. The van der Waals surface area contributed by atoms with Crippen molar-refractivity contribution in [3.63, 3.8) is 0 Å². The summed E-state index contributed by atoms with van der Waals surface area (Å²) < 4.78 is 37.1. The molecule has 12 heteroatoms. The highest BCUT2D eigenvalue weighted by molar-refractivity contribution is 5.83. The molecular formula is C20H25F2N5O5. The Balaban J connectivity index is 1.93. The van der Waals surface area contributed by atoms with Crippen LogP contribution in [0.25, 0.3) is 11.1 Å². The fourth-order valence-electron chi connectivity index (χ4n) is 3.40. The zero-order valence-electron chi connectivity index (χ0n) is 18.2. The third-order valence-electron chi connectivity index (χ3n) is 4.88. The number of nitro groups is 1. The van der Waals surface area contributed by atoms with Gasteiger partial charge in [0.05, 0.1) is 18.2 Å². The summed E-state index contributed by atoms with van der Waals surface area (Å²) in [4.78, 5) is 26.8. The predicted octanol–water partition coefficient (Wildman–Crippen LogP) is 3.92. The van der Waals surface area contributed by atoms with E-state index < -0.39 is 23.2 Å². The summed E-state index contributed by atoms with van der Waals surface area (Å²) in [7, 11) is 1.32. The first-order chi connectivity index (χ1) is 15.0. The standard InChI is InChI=1S/C20H25F2N5O5/c1-20(2,3)32-19(28)25-7-5-24(6-8-25)15-10-17(31-4)16(27(29)30)9-14(15)13-11-23-26(12-13)18(21)22/h9-12,18H,5-8H2,1-4H3. The van der Waals surface area contributed by atoms with Crippen LogP contribution in [0.4, 0.5) is 25.0 Å². The van der Waals surface area contributed by atoms with Crippen molar-refractivity contribution in [2.75, 3.05) is 38.2 Å². The minimum atomic E-state index is -2.84. The first kappa shape index (κ1) is 23.2. The predicted molar refractivity (Wildman–Crippen MR) is 112 cm³/mol. The van der Waals surface area contributed by atoms with E-state index in [0.717, 1.165) is 6.20 Å². The Bertz CT molecular complexity index is 997. The molecule has 0 atom stereocenters. The monoisotopic (exact) mass is 453 g/mol. The summed E-state index contributed by atoms with van der Waals surface area (Å²) in [6.45, 7) is 4.08. The number of carbonyl (C=O) groups excluding carboxylic acids is 1. The highest BCUT2D eigenvalue weighted by Gasteiger charge is 2.29. The molecule has 32 heavy (non-hydrogen) atoms. The van der Waals surface area contributed by atoms with Gasteiger partial charge in [-0.3, -0.25) is 10.1 Å². The molecule has 0 spiro atoms. The van der Waals surface area contributed by atoms with Crippen molar-refractivity contribution in [3.05, 3.63) is 34.6 Å². The number of nitrogens with zero attached hydrogens (tertiary/aromatic N) is 5. The zero-order valence-corrected chi connectivity index (χ0v) is 18.2. The summed E-state index contributed by atoms with van der Waals surface area (Å²) in [6, 6.07) is 2.80. The van der Waals surface area contributed by atoms with Gasteiger partial charge in [-0.25, -0.2) is 9.48 Å². The van der Waals surface area contributed by atoms with Gasteiger partial charge in [-0.15, -0.1) is 0 Å². The largest absolute Gasteiger partial charge is 0.490 e. The molecule has 1 aliphatic heterocycles. The van der Waals surface area contributed by atoms with Gasteiger partial charge in [-0.1, -0.05) is 0 Å². The first-order valence-electron chi connectivity index (χ1n) is 9.92. The lowest BCUT2D eigenvalue weighted by Crippen LogP contribution is -2.50. The number of aromatic nitrogens is 2. The van der Waals surface area contributed by atoms with Crippen LogP contribution in [0.5, 0.6) is 5.75 Å². The second-order valence-electron chi connectivity index (χ2n) is 8.24. The zero-order chi connectivity index (χ0) is 23.6. The third-order valence-corrected chi connectivity index (χ3v) is 4.88. The number of carbonyl (C=O) groups is 1. The molecule has 1 aromatic carbocycles. The van der Waals surface area contributed by atoms with Crippen molar-refractivity contribution in [1.29, 1.82) is 0 Å². The van der Waals surface area contributed by atoms with Crippen LogP contribution in [0.2, 0.25) is 0 Å². The van der Waals surface area contributed by atoms with Crippen LogP contribution >= 0.6 is 0 Å². The average Bonchev–Trinajstić information content (AvgIpc) is 3.22. The normalized spacial score (nSPS) is 14.6. The van der Waals surface area contributed by atoms with E-state index in [4.69, 9.17) is 9.47 Å². The number of hydrogen-bond acceptors (Lipinski definition) is 7. The van der Waals surface area contributed by atoms with Gasteiger partial charge in [0.1, 0.15) is 5.60 Å². The van der Waals surface area contributed by atoms with Gasteiger partial charge in [0.25, 0.3) is 0 Å². The van der Waals surface area contributed by atoms with Crippen molar-refractivity contribution in [1.82, 2.24) is 14.7 Å². The number of rotatable bonds is 5. The van der Waals surface area contributed by atoms with Gasteiger partial charge in [0.2, 0.25) is 0 Å². The first-order valence-corrected chi connectivity index (χ1v) is 9.92. The van der Waals surface area contributed by atoms with E-state index in [2.05, 4.69) is 5.10 Å². The molecule has 1 aliphatic rings. The van der Waals surface area contributed by atoms with Crippen molar-refractivity contribution < 1.29 is 28.0 Å². The quantitative estimate of drug-likeness (QED) is 0.499. The van der Waals surface area contributed by atoms with Crippen molar-refractivity contribution in [2.45, 2.75) is 32.9 Å². The van der Waals surface area contributed by atoms with Gasteiger partial charge in [0.15, 0.2) is 5.75 Å².